The van der Waals surface area contributed by atoms with Gasteiger partial charge in [-0.3, -0.25) is 9.36 Å². The fourth-order valence-corrected chi connectivity index (χ4v) is 4.23. The lowest BCUT2D eigenvalue weighted by Crippen LogP contribution is -2.16. The summed E-state index contributed by atoms with van der Waals surface area (Å²) in [6.07, 6.45) is 2.15. The summed E-state index contributed by atoms with van der Waals surface area (Å²) >= 11 is 4.94. The van der Waals surface area contributed by atoms with Crippen molar-refractivity contribution in [3.05, 3.63) is 59.6 Å². The van der Waals surface area contributed by atoms with E-state index in [0.717, 1.165) is 21.0 Å². The predicted octanol–water partition coefficient (Wildman–Crippen LogP) is 4.79. The first-order chi connectivity index (χ1) is 15.1. The van der Waals surface area contributed by atoms with Crippen LogP contribution in [0, 0.1) is 0 Å². The van der Waals surface area contributed by atoms with Gasteiger partial charge in [-0.05, 0) is 24.3 Å². The molecule has 0 fully saturated rings. The van der Waals surface area contributed by atoms with Gasteiger partial charge in [0.1, 0.15) is 13.2 Å². The topological polar surface area (TPSA) is 78.3 Å². The summed E-state index contributed by atoms with van der Waals surface area (Å²) in [6, 6.07) is 13.3. The molecule has 1 amide bonds. The highest BCUT2D eigenvalue weighted by Gasteiger charge is 2.15. The third-order valence-corrected chi connectivity index (χ3v) is 6.01. The first-order valence-corrected chi connectivity index (χ1v) is 11.5. The molecule has 0 radical (unpaired) electrons. The molecule has 0 atom stereocenters. The van der Waals surface area contributed by atoms with Crippen LogP contribution in [-0.2, 0) is 11.3 Å². The van der Waals surface area contributed by atoms with Gasteiger partial charge in [-0.2, -0.15) is 0 Å². The molecule has 1 aromatic heterocycles. The van der Waals surface area contributed by atoms with E-state index in [2.05, 4.69) is 38.0 Å². The number of hydrogen-bond acceptors (Lipinski definition) is 6. The number of aromatic nitrogens is 3. The minimum atomic E-state index is -0.0768. The summed E-state index contributed by atoms with van der Waals surface area (Å²) in [5.41, 5.74) is 1.66. The molecule has 3 aromatic rings. The second-order valence-corrected chi connectivity index (χ2v) is 8.70. The van der Waals surface area contributed by atoms with E-state index in [9.17, 15) is 4.79 Å². The third-order valence-electron chi connectivity index (χ3n) is 4.52. The lowest BCUT2D eigenvalue weighted by molar-refractivity contribution is -0.115. The van der Waals surface area contributed by atoms with E-state index in [4.69, 9.17) is 9.47 Å². The van der Waals surface area contributed by atoms with Crippen LogP contribution in [0.2, 0.25) is 0 Å². The smallest absolute Gasteiger partial charge is 0.225 e. The van der Waals surface area contributed by atoms with Gasteiger partial charge in [-0.15, -0.1) is 16.8 Å². The van der Waals surface area contributed by atoms with E-state index in [1.165, 1.54) is 11.8 Å². The number of carbonyl (C=O) groups excluding carboxylic acids is 1. The Morgan fingerprint density at radius 1 is 1.16 bits per heavy atom. The number of allylic oxidation sites excluding steroid dienone is 1. The van der Waals surface area contributed by atoms with Crippen molar-refractivity contribution >= 4 is 39.3 Å². The molecule has 7 nitrogen and oxygen atoms in total. The average Bonchev–Trinajstić information content (AvgIpc) is 3.17. The molecule has 1 aliphatic rings. The Morgan fingerprint density at radius 3 is 2.71 bits per heavy atom. The lowest BCUT2D eigenvalue weighted by atomic mass is 10.2. The lowest BCUT2D eigenvalue weighted by Gasteiger charge is -2.19. The van der Waals surface area contributed by atoms with Crippen LogP contribution in [0.3, 0.4) is 0 Å². The Balaban J connectivity index is 1.36. The molecule has 9 heteroatoms. The molecule has 0 spiro atoms. The molecule has 0 saturated heterocycles. The maximum absolute atomic E-state index is 12.4. The van der Waals surface area contributed by atoms with Gasteiger partial charge in [0, 0.05) is 40.5 Å². The highest BCUT2D eigenvalue weighted by atomic mass is 79.9. The number of anilines is 1. The molecular weight excluding hydrogens is 480 g/mol. The van der Waals surface area contributed by atoms with E-state index in [1.54, 1.807) is 12.1 Å². The van der Waals surface area contributed by atoms with Crippen molar-refractivity contribution in [2.24, 2.45) is 0 Å². The van der Waals surface area contributed by atoms with Crippen LogP contribution in [-0.4, -0.2) is 39.6 Å². The zero-order valence-corrected chi connectivity index (χ0v) is 19.1. The number of amides is 1. The van der Waals surface area contributed by atoms with Gasteiger partial charge >= 0.3 is 0 Å². The van der Waals surface area contributed by atoms with Crippen molar-refractivity contribution in [1.29, 1.82) is 0 Å². The maximum Gasteiger partial charge on any atom is 0.225 e. The average molecular weight is 501 g/mol. The quantitative estimate of drug-likeness (QED) is 0.354. The van der Waals surface area contributed by atoms with Gasteiger partial charge < -0.3 is 14.8 Å². The minimum absolute atomic E-state index is 0.0768. The van der Waals surface area contributed by atoms with Crippen LogP contribution in [0.1, 0.15) is 6.42 Å². The Labute approximate surface area is 193 Å². The Bertz CT molecular complexity index is 1080. The van der Waals surface area contributed by atoms with E-state index in [0.29, 0.717) is 49.1 Å². The monoisotopic (exact) mass is 500 g/mol. The van der Waals surface area contributed by atoms with Gasteiger partial charge in [0.15, 0.2) is 22.5 Å². The Morgan fingerprint density at radius 2 is 1.94 bits per heavy atom. The molecule has 0 bridgehead atoms. The van der Waals surface area contributed by atoms with Gasteiger partial charge in [-0.1, -0.05) is 45.9 Å². The molecule has 4 rings (SSSR count). The number of carbonyl (C=O) groups is 1. The maximum atomic E-state index is 12.4. The molecule has 2 heterocycles. The van der Waals surface area contributed by atoms with E-state index < -0.39 is 0 Å². The van der Waals surface area contributed by atoms with Crippen molar-refractivity contribution in [3.8, 4) is 22.9 Å². The summed E-state index contributed by atoms with van der Waals surface area (Å²) in [5.74, 6) is 2.62. The fraction of sp³-hybridized carbons (Fsp3) is 0.227. The third kappa shape index (κ3) is 5.29. The molecule has 2 aromatic carbocycles. The summed E-state index contributed by atoms with van der Waals surface area (Å²) in [7, 11) is 0. The van der Waals surface area contributed by atoms with E-state index >= 15 is 0 Å². The number of fused-ring (bicyclic) bond motifs is 1. The van der Waals surface area contributed by atoms with E-state index in [1.807, 2.05) is 41.0 Å². The minimum Gasteiger partial charge on any atom is -0.486 e. The SMILES string of the molecule is C=CCn1c(SCCC(=O)Nc2ccc3c(c2)OCCO3)nnc1-c1ccc(Br)cc1. The van der Waals surface area contributed by atoms with Crippen LogP contribution >= 0.6 is 27.7 Å². The summed E-state index contributed by atoms with van der Waals surface area (Å²) in [6.45, 7) is 5.47. The van der Waals surface area contributed by atoms with Crippen molar-refractivity contribution in [1.82, 2.24) is 14.8 Å². The fourth-order valence-electron chi connectivity index (χ4n) is 3.08. The Kier molecular flexibility index (Phi) is 6.93. The molecular formula is C22H21BrN4O3S. The standard InChI is InChI=1S/C22H21BrN4O3S/c1-2-10-27-21(15-3-5-16(23)6-4-15)25-26-22(27)31-13-9-20(28)24-17-7-8-18-19(14-17)30-12-11-29-18/h2-8,14H,1,9-13H2,(H,24,28). The number of nitrogens with zero attached hydrogens (tertiary/aromatic N) is 3. The number of nitrogens with one attached hydrogen (secondary N) is 1. The normalized spacial score (nSPS) is 12.4. The Hall–Kier alpha value is -2.78. The number of ether oxygens (including phenoxy) is 2. The van der Waals surface area contributed by atoms with Crippen LogP contribution in [0.25, 0.3) is 11.4 Å². The zero-order chi connectivity index (χ0) is 21.6. The van der Waals surface area contributed by atoms with Crippen LogP contribution < -0.4 is 14.8 Å². The number of thioether (sulfide) groups is 1. The second kappa shape index (κ2) is 10.0. The van der Waals surface area contributed by atoms with Gasteiger partial charge in [0.05, 0.1) is 0 Å². The van der Waals surface area contributed by atoms with Crippen molar-refractivity contribution in [2.75, 3.05) is 24.3 Å². The first-order valence-electron chi connectivity index (χ1n) is 9.76. The van der Waals surface area contributed by atoms with Gasteiger partial charge in [-0.25, -0.2) is 0 Å². The second-order valence-electron chi connectivity index (χ2n) is 6.72. The molecule has 160 valence electrons. The number of halogens is 1. The van der Waals surface area contributed by atoms with Crippen LogP contribution in [0.15, 0.2) is 64.7 Å². The predicted molar refractivity (Wildman–Crippen MR) is 125 cm³/mol. The highest BCUT2D eigenvalue weighted by molar-refractivity contribution is 9.10. The van der Waals surface area contributed by atoms with Crippen molar-refractivity contribution in [2.45, 2.75) is 18.1 Å². The number of rotatable bonds is 8. The molecule has 1 aliphatic heterocycles. The van der Waals surface area contributed by atoms with Crippen LogP contribution in [0.4, 0.5) is 5.69 Å². The molecule has 0 aliphatic carbocycles. The highest BCUT2D eigenvalue weighted by Crippen LogP contribution is 2.32. The summed E-state index contributed by atoms with van der Waals surface area (Å²) in [5, 5.41) is 12.3. The van der Waals surface area contributed by atoms with E-state index in [-0.39, 0.29) is 5.91 Å². The molecule has 1 N–H and O–H groups in total. The van der Waals surface area contributed by atoms with Gasteiger partial charge in [0.25, 0.3) is 0 Å². The zero-order valence-electron chi connectivity index (χ0n) is 16.7. The molecule has 0 unspecified atom stereocenters. The van der Waals surface area contributed by atoms with Crippen LogP contribution in [0.5, 0.6) is 11.5 Å². The summed E-state index contributed by atoms with van der Waals surface area (Å²) in [4.78, 5) is 12.4. The molecule has 0 saturated carbocycles. The first kappa shape index (κ1) is 21.5. The number of hydrogen-bond donors (Lipinski definition) is 1. The van der Waals surface area contributed by atoms with Gasteiger partial charge in [0.2, 0.25) is 5.91 Å². The molecule has 31 heavy (non-hydrogen) atoms. The van der Waals surface area contributed by atoms with Crippen molar-refractivity contribution < 1.29 is 14.3 Å². The van der Waals surface area contributed by atoms with Crippen molar-refractivity contribution in [3.63, 3.8) is 0 Å². The largest absolute Gasteiger partial charge is 0.486 e. The number of benzene rings is 2. The summed E-state index contributed by atoms with van der Waals surface area (Å²) < 4.78 is 14.1.